The highest BCUT2D eigenvalue weighted by atomic mass is 35.5. The fourth-order valence-corrected chi connectivity index (χ4v) is 2.54. The first kappa shape index (κ1) is 13.5. The number of anilines is 1. The lowest BCUT2D eigenvalue weighted by molar-refractivity contribution is 0.958. The van der Waals surface area contributed by atoms with Crippen LogP contribution in [0, 0.1) is 0 Å². The molecule has 2 N–H and O–H groups in total. The van der Waals surface area contributed by atoms with Crippen LogP contribution in [0.5, 0.6) is 0 Å². The summed E-state index contributed by atoms with van der Waals surface area (Å²) in [5.41, 5.74) is 0. The molecule has 2 heterocycles. The number of hydrogen-bond acceptors (Lipinski definition) is 4. The number of hydrogen-bond donors (Lipinski definition) is 2. The molecule has 2 aromatic rings. The van der Waals surface area contributed by atoms with Gasteiger partial charge in [-0.2, -0.15) is 0 Å². The van der Waals surface area contributed by atoms with Gasteiger partial charge in [-0.1, -0.05) is 30.1 Å². The van der Waals surface area contributed by atoms with Crippen LogP contribution in [0.15, 0.2) is 28.6 Å². The molecule has 0 aliphatic carbocycles. The summed E-state index contributed by atoms with van der Waals surface area (Å²) >= 11 is 13.6. The standard InChI is InChI=1S/C11H12Cl2N4S/c1-2-3-14-9-7(12)6-8(13)10(17-9)18-11-15-4-5-16-11/h4-6H,2-3H2,1H3,(H,14,17)(H,15,16). The van der Waals surface area contributed by atoms with Crippen molar-refractivity contribution in [3.8, 4) is 0 Å². The molecule has 18 heavy (non-hydrogen) atoms. The Hall–Kier alpha value is -0.910. The highest BCUT2D eigenvalue weighted by molar-refractivity contribution is 7.99. The number of rotatable bonds is 5. The maximum atomic E-state index is 6.12. The van der Waals surface area contributed by atoms with Gasteiger partial charge in [-0.3, -0.25) is 0 Å². The summed E-state index contributed by atoms with van der Waals surface area (Å²) in [6, 6.07) is 1.69. The molecule has 96 valence electrons. The maximum absolute atomic E-state index is 6.12. The van der Waals surface area contributed by atoms with Crippen LogP contribution in [-0.2, 0) is 0 Å². The molecule has 0 unspecified atom stereocenters. The van der Waals surface area contributed by atoms with E-state index < -0.39 is 0 Å². The molecule has 4 nitrogen and oxygen atoms in total. The molecule has 7 heteroatoms. The third-order valence-electron chi connectivity index (χ3n) is 2.11. The van der Waals surface area contributed by atoms with Crippen molar-refractivity contribution in [3.05, 3.63) is 28.5 Å². The van der Waals surface area contributed by atoms with Crippen LogP contribution in [0.3, 0.4) is 0 Å². The molecule has 0 atom stereocenters. The first-order chi connectivity index (χ1) is 8.70. The quantitative estimate of drug-likeness (QED) is 0.873. The maximum Gasteiger partial charge on any atom is 0.171 e. The number of nitrogens with zero attached hydrogens (tertiary/aromatic N) is 2. The first-order valence-corrected chi connectivity index (χ1v) is 7.05. The number of aromatic amines is 1. The summed E-state index contributed by atoms with van der Waals surface area (Å²) in [6.45, 7) is 2.90. The summed E-state index contributed by atoms with van der Waals surface area (Å²) in [7, 11) is 0. The van der Waals surface area contributed by atoms with Gasteiger partial charge in [0.05, 0.1) is 10.0 Å². The smallest absolute Gasteiger partial charge is 0.171 e. The number of H-pyrrole nitrogens is 1. The third kappa shape index (κ3) is 3.31. The van der Waals surface area contributed by atoms with E-state index in [4.69, 9.17) is 23.2 Å². The van der Waals surface area contributed by atoms with Crippen LogP contribution in [0.1, 0.15) is 13.3 Å². The van der Waals surface area contributed by atoms with Gasteiger partial charge in [0, 0.05) is 18.9 Å². The van der Waals surface area contributed by atoms with Gasteiger partial charge in [0.15, 0.2) is 5.16 Å². The van der Waals surface area contributed by atoms with Crippen LogP contribution in [0.25, 0.3) is 0 Å². The van der Waals surface area contributed by atoms with Gasteiger partial charge < -0.3 is 10.3 Å². The number of imidazole rings is 1. The Bertz CT molecular complexity index is 516. The van der Waals surface area contributed by atoms with Crippen molar-refractivity contribution in [2.45, 2.75) is 23.5 Å². The van der Waals surface area contributed by atoms with Crippen molar-refractivity contribution in [3.63, 3.8) is 0 Å². The molecule has 0 amide bonds. The normalized spacial score (nSPS) is 10.6. The van der Waals surface area contributed by atoms with Gasteiger partial charge in [-0.05, 0) is 24.2 Å². The Balaban J connectivity index is 2.23. The molecule has 2 rings (SSSR count). The van der Waals surface area contributed by atoms with Crippen LogP contribution < -0.4 is 5.32 Å². The zero-order valence-corrected chi connectivity index (χ0v) is 12.0. The second-order valence-electron chi connectivity index (χ2n) is 3.53. The van der Waals surface area contributed by atoms with E-state index in [2.05, 4.69) is 27.2 Å². The van der Waals surface area contributed by atoms with Gasteiger partial charge in [-0.15, -0.1) is 0 Å². The van der Waals surface area contributed by atoms with Crippen molar-refractivity contribution in [1.82, 2.24) is 15.0 Å². The van der Waals surface area contributed by atoms with Crippen LogP contribution in [-0.4, -0.2) is 21.5 Å². The lowest BCUT2D eigenvalue weighted by atomic mass is 10.4. The second-order valence-corrected chi connectivity index (χ2v) is 5.32. The molecular weight excluding hydrogens is 291 g/mol. The monoisotopic (exact) mass is 302 g/mol. The number of halogens is 2. The average Bonchev–Trinajstić information content (AvgIpc) is 2.84. The van der Waals surface area contributed by atoms with E-state index in [1.807, 2.05) is 0 Å². The van der Waals surface area contributed by atoms with Crippen molar-refractivity contribution >= 4 is 40.8 Å². The summed E-state index contributed by atoms with van der Waals surface area (Å²) in [6.07, 6.45) is 4.44. The molecule has 0 spiro atoms. The number of aromatic nitrogens is 3. The molecular formula is C11H12Cl2N4S. The predicted molar refractivity (Wildman–Crippen MR) is 75.7 cm³/mol. The van der Waals surface area contributed by atoms with E-state index >= 15 is 0 Å². The van der Waals surface area contributed by atoms with Crippen molar-refractivity contribution < 1.29 is 0 Å². The first-order valence-electron chi connectivity index (χ1n) is 5.48. The molecule has 0 saturated heterocycles. The zero-order chi connectivity index (χ0) is 13.0. The Morgan fingerprint density at radius 1 is 1.39 bits per heavy atom. The lowest BCUT2D eigenvalue weighted by Gasteiger charge is -2.09. The van der Waals surface area contributed by atoms with Gasteiger partial charge in [0.1, 0.15) is 10.8 Å². The highest BCUT2D eigenvalue weighted by Crippen LogP contribution is 2.34. The van der Waals surface area contributed by atoms with Crippen LogP contribution in [0.2, 0.25) is 10.0 Å². The second kappa shape index (κ2) is 6.31. The Morgan fingerprint density at radius 2 is 2.22 bits per heavy atom. The fourth-order valence-electron chi connectivity index (χ4n) is 1.29. The fraction of sp³-hybridized carbons (Fsp3) is 0.273. The molecule has 2 aromatic heterocycles. The molecule has 0 aromatic carbocycles. The van der Waals surface area contributed by atoms with Crippen molar-refractivity contribution in [2.24, 2.45) is 0 Å². The highest BCUT2D eigenvalue weighted by Gasteiger charge is 2.11. The Morgan fingerprint density at radius 3 is 2.89 bits per heavy atom. The molecule has 0 aliphatic rings. The third-order valence-corrected chi connectivity index (χ3v) is 3.72. The Kier molecular flexibility index (Phi) is 4.74. The largest absolute Gasteiger partial charge is 0.369 e. The minimum absolute atomic E-state index is 0.517. The Labute approximate surface area is 120 Å². The van der Waals surface area contributed by atoms with E-state index in [0.29, 0.717) is 20.9 Å². The molecule has 0 fully saturated rings. The number of nitrogens with one attached hydrogen (secondary N) is 2. The summed E-state index contributed by atoms with van der Waals surface area (Å²) in [5.74, 6) is 0.650. The molecule has 0 radical (unpaired) electrons. The predicted octanol–water partition coefficient (Wildman–Crippen LogP) is 4.08. The average molecular weight is 303 g/mol. The minimum atomic E-state index is 0.517. The van der Waals surface area contributed by atoms with Crippen molar-refractivity contribution in [1.29, 1.82) is 0 Å². The van der Waals surface area contributed by atoms with E-state index in [1.165, 1.54) is 11.8 Å². The van der Waals surface area contributed by atoms with E-state index in [-0.39, 0.29) is 0 Å². The van der Waals surface area contributed by atoms with E-state index in [9.17, 15) is 0 Å². The van der Waals surface area contributed by atoms with Gasteiger partial charge >= 0.3 is 0 Å². The molecule has 0 saturated carbocycles. The van der Waals surface area contributed by atoms with Crippen LogP contribution in [0.4, 0.5) is 5.82 Å². The lowest BCUT2D eigenvalue weighted by Crippen LogP contribution is -2.03. The summed E-state index contributed by atoms with van der Waals surface area (Å²) in [5, 5.41) is 5.63. The summed E-state index contributed by atoms with van der Waals surface area (Å²) in [4.78, 5) is 11.5. The SMILES string of the molecule is CCCNc1nc(Sc2ncc[nH]2)c(Cl)cc1Cl. The van der Waals surface area contributed by atoms with E-state index in [0.717, 1.165) is 18.1 Å². The summed E-state index contributed by atoms with van der Waals surface area (Å²) < 4.78 is 0. The van der Waals surface area contributed by atoms with Gasteiger partial charge in [0.25, 0.3) is 0 Å². The van der Waals surface area contributed by atoms with Crippen LogP contribution >= 0.6 is 35.0 Å². The topological polar surface area (TPSA) is 53.6 Å². The van der Waals surface area contributed by atoms with Crippen molar-refractivity contribution in [2.75, 3.05) is 11.9 Å². The molecule has 0 bridgehead atoms. The minimum Gasteiger partial charge on any atom is -0.369 e. The zero-order valence-electron chi connectivity index (χ0n) is 9.70. The van der Waals surface area contributed by atoms with Gasteiger partial charge in [-0.25, -0.2) is 9.97 Å². The number of pyridine rings is 1. The van der Waals surface area contributed by atoms with E-state index in [1.54, 1.807) is 18.5 Å². The van der Waals surface area contributed by atoms with Gasteiger partial charge in [0.2, 0.25) is 0 Å². The molecule has 0 aliphatic heterocycles.